The molecule has 7 nitrogen and oxygen atoms in total. The molecule has 1 aromatic carbocycles. The summed E-state index contributed by atoms with van der Waals surface area (Å²) in [6.07, 6.45) is 1.43. The van der Waals surface area contributed by atoms with Gasteiger partial charge < -0.3 is 19.9 Å². The van der Waals surface area contributed by atoms with Crippen LogP contribution in [0.2, 0.25) is 0 Å². The fourth-order valence-electron chi connectivity index (χ4n) is 1.46. The number of benzene rings is 1. The first-order valence-corrected chi connectivity index (χ1v) is 6.15. The summed E-state index contributed by atoms with van der Waals surface area (Å²) in [5.41, 5.74) is 7.71. The van der Waals surface area contributed by atoms with Crippen LogP contribution in [0, 0.1) is 0 Å². The number of primary amides is 1. The van der Waals surface area contributed by atoms with E-state index in [1.54, 1.807) is 25.3 Å². The number of para-hydroxylation sites is 1. The predicted molar refractivity (Wildman–Crippen MR) is 75.3 cm³/mol. The molecule has 3 N–H and O–H groups in total. The van der Waals surface area contributed by atoms with Crippen molar-refractivity contribution in [2.24, 2.45) is 10.8 Å². The highest BCUT2D eigenvalue weighted by Crippen LogP contribution is 2.29. The fraction of sp³-hybridized carbons (Fsp3) is 0.385. The number of rotatable bonds is 8. The van der Waals surface area contributed by atoms with Crippen molar-refractivity contribution in [3.05, 3.63) is 23.8 Å². The van der Waals surface area contributed by atoms with E-state index in [0.717, 1.165) is 0 Å². The first kappa shape index (κ1) is 15.8. The highest BCUT2D eigenvalue weighted by atomic mass is 16.5. The van der Waals surface area contributed by atoms with Crippen LogP contribution in [0.5, 0.6) is 11.5 Å². The Labute approximate surface area is 117 Å². The number of urea groups is 1. The van der Waals surface area contributed by atoms with Gasteiger partial charge in [-0.2, -0.15) is 5.10 Å². The van der Waals surface area contributed by atoms with Crippen molar-refractivity contribution in [1.82, 2.24) is 5.43 Å². The summed E-state index contributed by atoms with van der Waals surface area (Å²) in [5.74, 6) is 1.11. The molecule has 0 unspecified atom stereocenters. The third-order valence-corrected chi connectivity index (χ3v) is 2.29. The zero-order chi connectivity index (χ0) is 14.8. The number of ether oxygens (including phenoxy) is 3. The zero-order valence-electron chi connectivity index (χ0n) is 11.6. The van der Waals surface area contributed by atoms with Gasteiger partial charge in [-0.15, -0.1) is 0 Å². The molecule has 0 bridgehead atoms. The van der Waals surface area contributed by atoms with E-state index in [1.165, 1.54) is 6.21 Å². The molecule has 0 aromatic heterocycles. The van der Waals surface area contributed by atoms with Crippen LogP contribution in [-0.2, 0) is 4.74 Å². The summed E-state index contributed by atoms with van der Waals surface area (Å²) in [5, 5.41) is 3.71. The lowest BCUT2D eigenvalue weighted by Gasteiger charge is -2.13. The number of nitrogens with two attached hydrogens (primary N) is 1. The summed E-state index contributed by atoms with van der Waals surface area (Å²) in [4.78, 5) is 10.6. The van der Waals surface area contributed by atoms with Crippen molar-refractivity contribution < 1.29 is 19.0 Å². The van der Waals surface area contributed by atoms with Crippen molar-refractivity contribution in [2.45, 2.75) is 6.92 Å². The van der Waals surface area contributed by atoms with E-state index in [4.69, 9.17) is 19.9 Å². The first-order valence-electron chi connectivity index (χ1n) is 6.15. The molecule has 0 saturated carbocycles. The van der Waals surface area contributed by atoms with E-state index in [-0.39, 0.29) is 0 Å². The molecule has 0 aliphatic carbocycles. The number of methoxy groups -OCH3 is 1. The molecule has 0 atom stereocenters. The Morgan fingerprint density at radius 3 is 2.90 bits per heavy atom. The van der Waals surface area contributed by atoms with Crippen LogP contribution in [0.4, 0.5) is 4.79 Å². The lowest BCUT2D eigenvalue weighted by molar-refractivity contribution is 0.109. The summed E-state index contributed by atoms with van der Waals surface area (Å²) in [7, 11) is 1.55. The van der Waals surface area contributed by atoms with Gasteiger partial charge in [0.15, 0.2) is 11.5 Å². The third kappa shape index (κ3) is 5.15. The Balaban J connectivity index is 2.80. The van der Waals surface area contributed by atoms with E-state index >= 15 is 0 Å². The van der Waals surface area contributed by atoms with Crippen LogP contribution in [0.15, 0.2) is 23.3 Å². The van der Waals surface area contributed by atoms with E-state index in [2.05, 4.69) is 10.5 Å². The minimum absolute atomic E-state index is 0.387. The molecular weight excluding hydrogens is 262 g/mol. The number of carbonyl (C=O) groups is 1. The molecule has 2 amide bonds. The molecule has 0 aliphatic heterocycles. The third-order valence-electron chi connectivity index (χ3n) is 2.29. The van der Waals surface area contributed by atoms with Gasteiger partial charge in [0.25, 0.3) is 0 Å². The maximum absolute atomic E-state index is 10.6. The van der Waals surface area contributed by atoms with E-state index < -0.39 is 6.03 Å². The number of amides is 2. The highest BCUT2D eigenvalue weighted by Gasteiger charge is 2.09. The van der Waals surface area contributed by atoms with Gasteiger partial charge in [0.1, 0.15) is 6.61 Å². The molecule has 0 radical (unpaired) electrons. The fourth-order valence-corrected chi connectivity index (χ4v) is 1.46. The van der Waals surface area contributed by atoms with Gasteiger partial charge in [-0.25, -0.2) is 10.2 Å². The van der Waals surface area contributed by atoms with Gasteiger partial charge in [0.05, 0.1) is 19.9 Å². The molecule has 1 rings (SSSR count). The van der Waals surface area contributed by atoms with E-state index in [1.807, 2.05) is 6.92 Å². The number of nitrogens with one attached hydrogen (secondary N) is 1. The molecule has 0 fully saturated rings. The molecule has 110 valence electrons. The lowest BCUT2D eigenvalue weighted by Crippen LogP contribution is -2.24. The van der Waals surface area contributed by atoms with Gasteiger partial charge in [-0.3, -0.25) is 0 Å². The lowest BCUT2D eigenvalue weighted by atomic mass is 10.2. The van der Waals surface area contributed by atoms with Gasteiger partial charge in [-0.05, 0) is 19.1 Å². The van der Waals surface area contributed by atoms with Crippen LogP contribution in [0.1, 0.15) is 12.5 Å². The van der Waals surface area contributed by atoms with Crippen molar-refractivity contribution in [3.8, 4) is 11.5 Å². The molecule has 7 heteroatoms. The van der Waals surface area contributed by atoms with E-state index in [0.29, 0.717) is 36.9 Å². The minimum Gasteiger partial charge on any atom is -0.493 e. The average molecular weight is 281 g/mol. The predicted octanol–water partition coefficient (Wildman–Crippen LogP) is 1.11. The first-order chi connectivity index (χ1) is 9.69. The molecule has 0 saturated heterocycles. The van der Waals surface area contributed by atoms with Crippen LogP contribution >= 0.6 is 0 Å². The monoisotopic (exact) mass is 281 g/mol. The Bertz CT molecular complexity index is 463. The quantitative estimate of drug-likeness (QED) is 0.424. The maximum Gasteiger partial charge on any atom is 0.332 e. The topological polar surface area (TPSA) is 95.2 Å². The van der Waals surface area contributed by atoms with Crippen LogP contribution in [-0.4, -0.2) is 39.2 Å². The Kier molecular flexibility index (Phi) is 6.91. The van der Waals surface area contributed by atoms with Gasteiger partial charge >= 0.3 is 6.03 Å². The summed E-state index contributed by atoms with van der Waals surface area (Å²) in [6, 6.07) is 4.61. The van der Waals surface area contributed by atoms with Gasteiger partial charge in [-0.1, -0.05) is 6.07 Å². The van der Waals surface area contributed by atoms with Crippen molar-refractivity contribution >= 4 is 12.2 Å². The Morgan fingerprint density at radius 2 is 2.25 bits per heavy atom. The molecule has 0 heterocycles. The standard InChI is InChI=1S/C13H19N3O4/c1-3-19-7-8-20-12-10(9-15-16-13(14)17)5-4-6-11(12)18-2/h4-6,9H,3,7-8H2,1-2H3,(H3,14,16,17). The van der Waals surface area contributed by atoms with Gasteiger partial charge in [0.2, 0.25) is 0 Å². The second-order valence-electron chi connectivity index (χ2n) is 3.66. The van der Waals surface area contributed by atoms with Crippen LogP contribution < -0.4 is 20.6 Å². The normalized spacial score (nSPS) is 10.5. The van der Waals surface area contributed by atoms with Crippen LogP contribution in [0.3, 0.4) is 0 Å². The maximum atomic E-state index is 10.6. The van der Waals surface area contributed by atoms with Crippen molar-refractivity contribution in [3.63, 3.8) is 0 Å². The number of nitrogens with zero attached hydrogens (tertiary/aromatic N) is 1. The Morgan fingerprint density at radius 1 is 1.45 bits per heavy atom. The molecule has 1 aromatic rings. The van der Waals surface area contributed by atoms with Crippen molar-refractivity contribution in [1.29, 1.82) is 0 Å². The van der Waals surface area contributed by atoms with E-state index in [9.17, 15) is 4.79 Å². The second kappa shape index (κ2) is 8.76. The summed E-state index contributed by atoms with van der Waals surface area (Å²) >= 11 is 0. The van der Waals surface area contributed by atoms with Crippen LogP contribution in [0.25, 0.3) is 0 Å². The molecule has 20 heavy (non-hydrogen) atoms. The number of carbonyl (C=O) groups excluding carboxylic acids is 1. The molecular formula is C13H19N3O4. The zero-order valence-corrected chi connectivity index (χ0v) is 11.6. The minimum atomic E-state index is -0.733. The summed E-state index contributed by atoms with van der Waals surface area (Å²) in [6.45, 7) is 3.41. The summed E-state index contributed by atoms with van der Waals surface area (Å²) < 4.78 is 16.1. The number of hydrogen-bond donors (Lipinski definition) is 2. The molecule has 0 spiro atoms. The Hall–Kier alpha value is -2.28. The van der Waals surface area contributed by atoms with Crippen molar-refractivity contribution in [2.75, 3.05) is 26.9 Å². The largest absolute Gasteiger partial charge is 0.493 e. The highest BCUT2D eigenvalue weighted by molar-refractivity contribution is 5.86. The SMILES string of the molecule is CCOCCOc1c(C=NNC(N)=O)cccc1OC. The number of hydrazone groups is 1. The second-order valence-corrected chi connectivity index (χ2v) is 3.66. The molecule has 0 aliphatic rings. The van der Waals surface area contributed by atoms with Gasteiger partial charge in [0, 0.05) is 12.2 Å². The smallest absolute Gasteiger partial charge is 0.332 e. The number of hydrogen-bond acceptors (Lipinski definition) is 5. The average Bonchev–Trinajstić information content (AvgIpc) is 2.44.